The molecule has 20 heavy (non-hydrogen) atoms. The zero-order valence-electron chi connectivity index (χ0n) is 10.6. The lowest BCUT2D eigenvalue weighted by atomic mass is 10.1. The van der Waals surface area contributed by atoms with Crippen LogP contribution in [0.4, 0.5) is 10.1 Å². The molecule has 0 radical (unpaired) electrons. The predicted octanol–water partition coefficient (Wildman–Crippen LogP) is 4.79. The van der Waals surface area contributed by atoms with Gasteiger partial charge in [-0.1, -0.05) is 27.5 Å². The SMILES string of the molecule is Fc1cc(Br)ccc1NCc1cc(Cl)cc2c1OCC2. The summed E-state index contributed by atoms with van der Waals surface area (Å²) in [4.78, 5) is 0. The number of benzene rings is 2. The fraction of sp³-hybridized carbons (Fsp3) is 0.200. The standard InChI is InChI=1S/C15H12BrClFNO/c16-11-1-2-14(13(18)7-11)19-8-10-6-12(17)5-9-3-4-20-15(9)10/h1-2,5-7,19H,3-4,8H2. The second kappa shape index (κ2) is 5.62. The molecule has 0 fully saturated rings. The number of hydrogen-bond acceptors (Lipinski definition) is 2. The van der Waals surface area contributed by atoms with E-state index in [1.165, 1.54) is 6.07 Å². The zero-order chi connectivity index (χ0) is 14.1. The Morgan fingerprint density at radius 3 is 2.95 bits per heavy atom. The van der Waals surface area contributed by atoms with E-state index >= 15 is 0 Å². The summed E-state index contributed by atoms with van der Waals surface area (Å²) in [5.41, 5.74) is 2.53. The first kappa shape index (κ1) is 13.7. The van der Waals surface area contributed by atoms with Crippen molar-refractivity contribution >= 4 is 33.2 Å². The monoisotopic (exact) mass is 355 g/mol. The molecule has 1 aliphatic heterocycles. The van der Waals surface area contributed by atoms with Gasteiger partial charge in [0.15, 0.2) is 0 Å². The summed E-state index contributed by atoms with van der Waals surface area (Å²) in [6.45, 7) is 1.15. The molecule has 5 heteroatoms. The van der Waals surface area contributed by atoms with Gasteiger partial charge in [-0.25, -0.2) is 4.39 Å². The topological polar surface area (TPSA) is 21.3 Å². The third-order valence-corrected chi connectivity index (χ3v) is 3.94. The normalized spacial score (nSPS) is 12.9. The van der Waals surface area contributed by atoms with Crippen LogP contribution in [0.15, 0.2) is 34.8 Å². The van der Waals surface area contributed by atoms with Crippen molar-refractivity contribution in [2.24, 2.45) is 0 Å². The maximum absolute atomic E-state index is 13.8. The largest absolute Gasteiger partial charge is 0.493 e. The van der Waals surface area contributed by atoms with E-state index in [9.17, 15) is 4.39 Å². The second-order valence-electron chi connectivity index (χ2n) is 4.63. The third-order valence-electron chi connectivity index (χ3n) is 3.23. The van der Waals surface area contributed by atoms with Crippen LogP contribution >= 0.6 is 27.5 Å². The third kappa shape index (κ3) is 2.76. The maximum Gasteiger partial charge on any atom is 0.147 e. The molecular formula is C15H12BrClFNO. The van der Waals surface area contributed by atoms with Gasteiger partial charge in [0.2, 0.25) is 0 Å². The van der Waals surface area contributed by atoms with Crippen molar-refractivity contribution in [3.63, 3.8) is 0 Å². The van der Waals surface area contributed by atoms with Crippen LogP contribution in [0.3, 0.4) is 0 Å². The average molecular weight is 357 g/mol. The molecule has 0 atom stereocenters. The molecule has 2 aromatic carbocycles. The fourth-order valence-electron chi connectivity index (χ4n) is 2.30. The lowest BCUT2D eigenvalue weighted by molar-refractivity contribution is 0.354. The van der Waals surface area contributed by atoms with Gasteiger partial charge in [-0.05, 0) is 35.9 Å². The molecule has 2 nitrogen and oxygen atoms in total. The van der Waals surface area contributed by atoms with Crippen LogP contribution in [-0.2, 0) is 13.0 Å². The van der Waals surface area contributed by atoms with Gasteiger partial charge in [-0.15, -0.1) is 0 Å². The van der Waals surface area contributed by atoms with E-state index in [4.69, 9.17) is 16.3 Å². The summed E-state index contributed by atoms with van der Waals surface area (Å²) in [6, 6.07) is 8.71. The van der Waals surface area contributed by atoms with E-state index in [1.807, 2.05) is 12.1 Å². The number of nitrogens with one attached hydrogen (secondary N) is 1. The first-order valence-corrected chi connectivity index (χ1v) is 7.43. The highest BCUT2D eigenvalue weighted by molar-refractivity contribution is 9.10. The molecule has 1 N–H and O–H groups in total. The molecule has 0 aliphatic carbocycles. The Morgan fingerprint density at radius 1 is 1.30 bits per heavy atom. The molecule has 3 rings (SSSR count). The number of halogens is 3. The predicted molar refractivity (Wildman–Crippen MR) is 82.1 cm³/mol. The molecule has 0 bridgehead atoms. The van der Waals surface area contributed by atoms with E-state index < -0.39 is 0 Å². The van der Waals surface area contributed by atoms with Gasteiger partial charge >= 0.3 is 0 Å². The van der Waals surface area contributed by atoms with Gasteiger partial charge in [-0.2, -0.15) is 0 Å². The van der Waals surface area contributed by atoms with Crippen molar-refractivity contribution < 1.29 is 9.13 Å². The quantitative estimate of drug-likeness (QED) is 0.854. The Kier molecular flexibility index (Phi) is 3.85. The number of rotatable bonds is 3. The number of ether oxygens (including phenoxy) is 1. The average Bonchev–Trinajstić information content (AvgIpc) is 2.85. The molecule has 0 saturated heterocycles. The summed E-state index contributed by atoms with van der Waals surface area (Å²) in [5.74, 6) is 0.582. The molecule has 104 valence electrons. The molecule has 0 unspecified atom stereocenters. The molecular weight excluding hydrogens is 345 g/mol. The Labute approximate surface area is 130 Å². The second-order valence-corrected chi connectivity index (χ2v) is 5.98. The highest BCUT2D eigenvalue weighted by Gasteiger charge is 2.17. The van der Waals surface area contributed by atoms with Gasteiger partial charge < -0.3 is 10.1 Å². The van der Waals surface area contributed by atoms with Crippen molar-refractivity contribution in [1.82, 2.24) is 0 Å². The summed E-state index contributed by atoms with van der Waals surface area (Å²) in [5, 5.41) is 3.76. The smallest absolute Gasteiger partial charge is 0.147 e. The highest BCUT2D eigenvalue weighted by Crippen LogP contribution is 2.33. The van der Waals surface area contributed by atoms with Gasteiger partial charge in [0, 0.05) is 28.0 Å². The Hall–Kier alpha value is -1.26. The Morgan fingerprint density at radius 2 is 2.15 bits per heavy atom. The molecule has 1 heterocycles. The Balaban J connectivity index is 1.82. The minimum atomic E-state index is -0.293. The summed E-state index contributed by atoms with van der Waals surface area (Å²) >= 11 is 9.34. The van der Waals surface area contributed by atoms with E-state index in [1.54, 1.807) is 12.1 Å². The van der Waals surface area contributed by atoms with Crippen LogP contribution in [0.1, 0.15) is 11.1 Å². The van der Waals surface area contributed by atoms with Crippen LogP contribution in [-0.4, -0.2) is 6.61 Å². The molecule has 0 aromatic heterocycles. The van der Waals surface area contributed by atoms with Gasteiger partial charge in [0.25, 0.3) is 0 Å². The van der Waals surface area contributed by atoms with Gasteiger partial charge in [0.05, 0.1) is 12.3 Å². The maximum atomic E-state index is 13.8. The van der Waals surface area contributed by atoms with E-state index in [-0.39, 0.29) is 5.82 Å². The molecule has 2 aromatic rings. The highest BCUT2D eigenvalue weighted by atomic mass is 79.9. The summed E-state index contributed by atoms with van der Waals surface area (Å²) in [6.07, 6.45) is 0.871. The van der Waals surface area contributed by atoms with Gasteiger partial charge in [0.1, 0.15) is 11.6 Å². The van der Waals surface area contributed by atoms with E-state index in [0.717, 1.165) is 23.3 Å². The molecule has 1 aliphatic rings. The summed E-state index contributed by atoms with van der Waals surface area (Å²) in [7, 11) is 0. The Bertz CT molecular complexity index is 663. The van der Waals surface area contributed by atoms with Crippen molar-refractivity contribution in [2.75, 3.05) is 11.9 Å². The lowest BCUT2D eigenvalue weighted by Crippen LogP contribution is -2.03. The van der Waals surface area contributed by atoms with Crippen LogP contribution < -0.4 is 10.1 Å². The van der Waals surface area contributed by atoms with Crippen LogP contribution in [0, 0.1) is 5.82 Å². The van der Waals surface area contributed by atoms with Gasteiger partial charge in [-0.3, -0.25) is 0 Å². The number of fused-ring (bicyclic) bond motifs is 1. The van der Waals surface area contributed by atoms with E-state index in [2.05, 4.69) is 21.2 Å². The minimum Gasteiger partial charge on any atom is -0.493 e. The molecule has 0 saturated carbocycles. The van der Waals surface area contributed by atoms with Crippen molar-refractivity contribution in [2.45, 2.75) is 13.0 Å². The minimum absolute atomic E-state index is 0.293. The van der Waals surface area contributed by atoms with Crippen molar-refractivity contribution in [3.05, 3.63) is 56.8 Å². The lowest BCUT2D eigenvalue weighted by Gasteiger charge is -2.12. The number of anilines is 1. The molecule has 0 amide bonds. The van der Waals surface area contributed by atoms with Crippen molar-refractivity contribution in [3.8, 4) is 5.75 Å². The first-order valence-electron chi connectivity index (χ1n) is 6.26. The fourth-order valence-corrected chi connectivity index (χ4v) is 2.90. The van der Waals surface area contributed by atoms with Crippen LogP contribution in [0.5, 0.6) is 5.75 Å². The van der Waals surface area contributed by atoms with Crippen molar-refractivity contribution in [1.29, 1.82) is 0 Å². The number of hydrogen-bond donors (Lipinski definition) is 1. The van der Waals surface area contributed by atoms with Crippen LogP contribution in [0.2, 0.25) is 5.02 Å². The van der Waals surface area contributed by atoms with E-state index in [0.29, 0.717) is 28.3 Å². The zero-order valence-corrected chi connectivity index (χ0v) is 12.9. The first-order chi connectivity index (χ1) is 9.63. The molecule has 0 spiro atoms. The summed E-state index contributed by atoms with van der Waals surface area (Å²) < 4.78 is 20.1. The van der Waals surface area contributed by atoms with Crippen LogP contribution in [0.25, 0.3) is 0 Å².